The van der Waals surface area contributed by atoms with Gasteiger partial charge in [0.2, 0.25) is 0 Å². The van der Waals surface area contributed by atoms with E-state index in [4.69, 9.17) is 11.6 Å². The zero-order valence-corrected chi connectivity index (χ0v) is 12.0. The summed E-state index contributed by atoms with van der Waals surface area (Å²) in [5.74, 6) is 0.724. The van der Waals surface area contributed by atoms with Crippen LogP contribution in [0.2, 0.25) is 5.15 Å². The molecule has 1 unspecified atom stereocenters. The summed E-state index contributed by atoms with van der Waals surface area (Å²) in [4.78, 5) is 8.74. The van der Waals surface area contributed by atoms with E-state index in [1.165, 1.54) is 0 Å². The maximum Gasteiger partial charge on any atom is 0.131 e. The normalized spacial score (nSPS) is 11.9. The highest BCUT2D eigenvalue weighted by Gasteiger charge is 2.15. The molecular weight excluding hydrogens is 282 g/mol. The average Bonchev–Trinajstić information content (AvgIpc) is 2.54. The van der Waals surface area contributed by atoms with E-state index in [1.807, 2.05) is 48.5 Å². The Hall–Kier alpha value is -2.39. The molecule has 3 nitrogen and oxygen atoms in total. The Morgan fingerprint density at radius 3 is 2.38 bits per heavy atom. The molecule has 0 amide bonds. The summed E-state index contributed by atoms with van der Waals surface area (Å²) in [5.41, 5.74) is 2.06. The molecule has 104 valence electrons. The third-order valence-corrected chi connectivity index (χ3v) is 3.33. The van der Waals surface area contributed by atoms with Gasteiger partial charge in [0.25, 0.3) is 0 Å². The molecule has 0 fully saturated rings. The van der Waals surface area contributed by atoms with Crippen molar-refractivity contribution in [1.29, 1.82) is 0 Å². The lowest BCUT2D eigenvalue weighted by Crippen LogP contribution is -2.14. The first-order valence-electron chi connectivity index (χ1n) is 6.68. The molecule has 1 aromatic carbocycles. The molecule has 4 heteroatoms. The standard InChI is InChI=1S/C17H14ClN3/c18-15-10-6-11-16(20-15)21-17(13-7-2-1-3-8-13)14-9-4-5-12-19-14/h1-12,17H,(H,20,21). The Morgan fingerprint density at radius 1 is 0.857 bits per heavy atom. The lowest BCUT2D eigenvalue weighted by atomic mass is 10.0. The van der Waals surface area contributed by atoms with Gasteiger partial charge >= 0.3 is 0 Å². The number of aromatic nitrogens is 2. The number of nitrogens with one attached hydrogen (secondary N) is 1. The Kier molecular flexibility index (Phi) is 4.12. The van der Waals surface area contributed by atoms with Crippen LogP contribution in [-0.4, -0.2) is 9.97 Å². The zero-order valence-electron chi connectivity index (χ0n) is 11.3. The predicted octanol–water partition coefficient (Wildman–Crippen LogP) is 4.33. The highest BCUT2D eigenvalue weighted by molar-refractivity contribution is 6.29. The van der Waals surface area contributed by atoms with E-state index in [1.54, 1.807) is 12.3 Å². The van der Waals surface area contributed by atoms with Crippen molar-refractivity contribution >= 4 is 17.4 Å². The van der Waals surface area contributed by atoms with Gasteiger partial charge in [0.1, 0.15) is 11.0 Å². The molecule has 2 heterocycles. The van der Waals surface area contributed by atoms with Gasteiger partial charge < -0.3 is 5.32 Å². The molecule has 2 aromatic heterocycles. The molecule has 0 bridgehead atoms. The molecule has 3 rings (SSSR count). The van der Waals surface area contributed by atoms with Crippen LogP contribution < -0.4 is 5.32 Å². The number of hydrogen-bond donors (Lipinski definition) is 1. The maximum absolute atomic E-state index is 5.95. The van der Waals surface area contributed by atoms with Gasteiger partial charge in [0.05, 0.1) is 11.7 Å². The Balaban J connectivity index is 1.97. The van der Waals surface area contributed by atoms with Gasteiger partial charge in [-0.15, -0.1) is 0 Å². The molecule has 0 saturated heterocycles. The summed E-state index contributed by atoms with van der Waals surface area (Å²) in [7, 11) is 0. The molecule has 3 aromatic rings. The molecule has 0 spiro atoms. The lowest BCUT2D eigenvalue weighted by Gasteiger charge is -2.19. The molecule has 0 aliphatic carbocycles. The van der Waals surface area contributed by atoms with Gasteiger partial charge in [0.15, 0.2) is 0 Å². The quantitative estimate of drug-likeness (QED) is 0.728. The molecule has 0 radical (unpaired) electrons. The van der Waals surface area contributed by atoms with Gasteiger partial charge in [0, 0.05) is 6.20 Å². The van der Waals surface area contributed by atoms with Crippen molar-refractivity contribution in [2.45, 2.75) is 6.04 Å². The number of pyridine rings is 2. The van der Waals surface area contributed by atoms with E-state index in [-0.39, 0.29) is 6.04 Å². The summed E-state index contributed by atoms with van der Waals surface area (Å²) < 4.78 is 0. The minimum Gasteiger partial charge on any atom is -0.358 e. The Morgan fingerprint density at radius 2 is 1.67 bits per heavy atom. The van der Waals surface area contributed by atoms with Gasteiger partial charge in [-0.05, 0) is 29.8 Å². The van der Waals surface area contributed by atoms with Crippen LogP contribution in [-0.2, 0) is 0 Å². The van der Waals surface area contributed by atoms with Gasteiger partial charge in [-0.2, -0.15) is 0 Å². The second-order valence-electron chi connectivity index (χ2n) is 4.59. The maximum atomic E-state index is 5.95. The van der Waals surface area contributed by atoms with Crippen LogP contribution in [0.25, 0.3) is 0 Å². The first kappa shape index (κ1) is 13.6. The average molecular weight is 296 g/mol. The first-order valence-corrected chi connectivity index (χ1v) is 7.06. The Bertz CT molecular complexity index is 662. The van der Waals surface area contributed by atoms with Crippen molar-refractivity contribution in [1.82, 2.24) is 9.97 Å². The minimum atomic E-state index is -0.0710. The summed E-state index contributed by atoms with van der Waals surface area (Å²) in [6.45, 7) is 0. The van der Waals surface area contributed by atoms with Crippen LogP contribution >= 0.6 is 11.6 Å². The van der Waals surface area contributed by atoms with E-state index in [2.05, 4.69) is 27.4 Å². The third-order valence-electron chi connectivity index (χ3n) is 3.12. The van der Waals surface area contributed by atoms with Gasteiger partial charge in [-0.1, -0.05) is 54.1 Å². The first-order chi connectivity index (χ1) is 10.3. The summed E-state index contributed by atoms with van der Waals surface area (Å²) >= 11 is 5.95. The number of hydrogen-bond acceptors (Lipinski definition) is 3. The fourth-order valence-corrected chi connectivity index (χ4v) is 2.32. The van der Waals surface area contributed by atoms with Crippen molar-refractivity contribution < 1.29 is 0 Å². The zero-order chi connectivity index (χ0) is 14.5. The van der Waals surface area contributed by atoms with Crippen molar-refractivity contribution in [3.8, 4) is 0 Å². The van der Waals surface area contributed by atoms with Crippen LogP contribution in [0.15, 0.2) is 72.9 Å². The van der Waals surface area contributed by atoms with E-state index < -0.39 is 0 Å². The number of anilines is 1. The SMILES string of the molecule is Clc1cccc(NC(c2ccccc2)c2ccccn2)n1. The third kappa shape index (κ3) is 3.38. The van der Waals surface area contributed by atoms with Gasteiger partial charge in [-0.3, -0.25) is 4.98 Å². The van der Waals surface area contributed by atoms with Crippen LogP contribution in [0.1, 0.15) is 17.3 Å². The van der Waals surface area contributed by atoms with Crippen LogP contribution in [0.4, 0.5) is 5.82 Å². The summed E-state index contributed by atoms with van der Waals surface area (Å²) in [5, 5.41) is 3.86. The fraction of sp³-hybridized carbons (Fsp3) is 0.0588. The van der Waals surface area contributed by atoms with Crippen molar-refractivity contribution in [3.63, 3.8) is 0 Å². The van der Waals surface area contributed by atoms with Crippen LogP contribution in [0, 0.1) is 0 Å². The predicted molar refractivity (Wildman–Crippen MR) is 85.4 cm³/mol. The van der Waals surface area contributed by atoms with Gasteiger partial charge in [-0.25, -0.2) is 4.98 Å². The molecular formula is C17H14ClN3. The highest BCUT2D eigenvalue weighted by Crippen LogP contribution is 2.24. The molecule has 1 N–H and O–H groups in total. The second kappa shape index (κ2) is 6.37. The van der Waals surface area contributed by atoms with Crippen LogP contribution in [0.3, 0.4) is 0 Å². The van der Waals surface area contributed by atoms with Crippen molar-refractivity contribution in [3.05, 3.63) is 89.3 Å². The summed E-state index contributed by atoms with van der Waals surface area (Å²) in [6, 6.07) is 21.5. The number of benzene rings is 1. The molecule has 0 aliphatic rings. The second-order valence-corrected chi connectivity index (χ2v) is 4.98. The molecule has 21 heavy (non-hydrogen) atoms. The topological polar surface area (TPSA) is 37.8 Å². The number of halogens is 1. The largest absolute Gasteiger partial charge is 0.358 e. The number of nitrogens with zero attached hydrogens (tertiary/aromatic N) is 2. The van der Waals surface area contributed by atoms with E-state index in [0.29, 0.717) is 5.15 Å². The van der Waals surface area contributed by atoms with Crippen molar-refractivity contribution in [2.75, 3.05) is 5.32 Å². The molecule has 1 atom stereocenters. The van der Waals surface area contributed by atoms with E-state index >= 15 is 0 Å². The molecule has 0 saturated carbocycles. The van der Waals surface area contributed by atoms with Crippen LogP contribution in [0.5, 0.6) is 0 Å². The smallest absolute Gasteiger partial charge is 0.131 e. The minimum absolute atomic E-state index is 0.0710. The highest BCUT2D eigenvalue weighted by atomic mass is 35.5. The van der Waals surface area contributed by atoms with E-state index in [9.17, 15) is 0 Å². The lowest BCUT2D eigenvalue weighted by molar-refractivity contribution is 0.878. The Labute approximate surface area is 128 Å². The summed E-state index contributed by atoms with van der Waals surface area (Å²) in [6.07, 6.45) is 1.79. The molecule has 0 aliphatic heterocycles. The van der Waals surface area contributed by atoms with E-state index in [0.717, 1.165) is 17.1 Å². The van der Waals surface area contributed by atoms with Crippen molar-refractivity contribution in [2.24, 2.45) is 0 Å². The monoisotopic (exact) mass is 295 g/mol. The number of rotatable bonds is 4. The fourth-order valence-electron chi connectivity index (χ4n) is 2.16.